The molecule has 3 aromatic rings. The summed E-state index contributed by atoms with van der Waals surface area (Å²) in [5, 5.41) is 12.9. The van der Waals surface area contributed by atoms with E-state index < -0.39 is 36.0 Å². The maximum atomic E-state index is 13.2. The highest BCUT2D eigenvalue weighted by Gasteiger charge is 2.41. The highest BCUT2D eigenvalue weighted by atomic mass is 35.5. The van der Waals surface area contributed by atoms with Crippen LogP contribution in [0, 0.1) is 0 Å². The van der Waals surface area contributed by atoms with Crippen LogP contribution in [-0.4, -0.2) is 48.2 Å². The van der Waals surface area contributed by atoms with Crippen molar-refractivity contribution in [3.63, 3.8) is 0 Å². The van der Waals surface area contributed by atoms with Crippen molar-refractivity contribution in [3.8, 4) is 5.75 Å². The first-order chi connectivity index (χ1) is 17.2. The third-order valence-corrected chi connectivity index (χ3v) is 5.27. The second-order valence-electron chi connectivity index (χ2n) is 7.19. The molecule has 0 heterocycles. The summed E-state index contributed by atoms with van der Waals surface area (Å²) in [5.74, 6) is -4.64. The number of para-hydroxylation sites is 2. The minimum atomic E-state index is -2.20. The van der Waals surface area contributed by atoms with Crippen molar-refractivity contribution in [3.05, 3.63) is 94.0 Å². The largest absolute Gasteiger partial charge is 0.495 e. The molecule has 1 amide bonds. The number of methoxy groups -OCH3 is 1. The molecule has 0 unspecified atom stereocenters. The maximum Gasteiger partial charge on any atom is 0.349 e. The summed E-state index contributed by atoms with van der Waals surface area (Å²) in [6, 6.07) is 17.2. The second kappa shape index (κ2) is 12.1. The first-order valence-electron chi connectivity index (χ1n) is 10.3. The fourth-order valence-electron chi connectivity index (χ4n) is 2.98. The van der Waals surface area contributed by atoms with Crippen LogP contribution in [0.3, 0.4) is 0 Å². The maximum absolute atomic E-state index is 13.2. The number of carbonyl (C=O) groups excluding carboxylic acids is 3. The molecule has 3 rings (SSSR count). The first kappa shape index (κ1) is 26.5. The molecule has 0 fully saturated rings. The van der Waals surface area contributed by atoms with Crippen LogP contribution in [0.4, 0.5) is 5.69 Å². The van der Waals surface area contributed by atoms with Gasteiger partial charge < -0.3 is 24.6 Å². The number of esters is 2. The lowest BCUT2D eigenvalue weighted by atomic mass is 10.1. The Labute approximate surface area is 215 Å². The summed E-state index contributed by atoms with van der Waals surface area (Å²) >= 11 is 11.7. The van der Waals surface area contributed by atoms with Crippen LogP contribution in [0.2, 0.25) is 10.0 Å². The normalized spacial score (nSPS) is 12.1. The SMILES string of the molecule is COc1ccccc1NC(=O)[C@H](OC(=O)c1ccc(Cl)cc1)[C@@H](OC(=O)c1ccc(Cl)cc1)C(=O)O. The summed E-state index contributed by atoms with van der Waals surface area (Å²) in [4.78, 5) is 50.6. The zero-order valence-electron chi connectivity index (χ0n) is 18.6. The number of amides is 1. The average Bonchev–Trinajstić information content (AvgIpc) is 2.86. The number of carboxylic acid groups (broad SMARTS) is 1. The molecule has 0 aliphatic rings. The molecule has 36 heavy (non-hydrogen) atoms. The van der Waals surface area contributed by atoms with Gasteiger partial charge in [-0.25, -0.2) is 14.4 Å². The van der Waals surface area contributed by atoms with Crippen molar-refractivity contribution in [1.82, 2.24) is 0 Å². The molecule has 0 radical (unpaired) electrons. The van der Waals surface area contributed by atoms with E-state index in [0.29, 0.717) is 10.0 Å². The number of ether oxygens (including phenoxy) is 3. The first-order valence-corrected chi connectivity index (χ1v) is 11.0. The summed E-state index contributed by atoms with van der Waals surface area (Å²) in [7, 11) is 1.37. The number of nitrogens with one attached hydrogen (secondary N) is 1. The highest BCUT2D eigenvalue weighted by Crippen LogP contribution is 2.24. The van der Waals surface area contributed by atoms with E-state index in [4.69, 9.17) is 37.4 Å². The number of aliphatic carboxylic acids is 1. The van der Waals surface area contributed by atoms with Gasteiger partial charge in [-0.1, -0.05) is 35.3 Å². The van der Waals surface area contributed by atoms with Crippen LogP contribution < -0.4 is 10.1 Å². The number of hydrogen-bond acceptors (Lipinski definition) is 7. The molecular formula is C25H19Cl2NO8. The highest BCUT2D eigenvalue weighted by molar-refractivity contribution is 6.31. The van der Waals surface area contributed by atoms with Crippen LogP contribution in [0.15, 0.2) is 72.8 Å². The van der Waals surface area contributed by atoms with E-state index in [2.05, 4.69) is 5.32 Å². The molecule has 186 valence electrons. The number of halogens is 2. The Bertz CT molecular complexity index is 1260. The van der Waals surface area contributed by atoms with Crippen LogP contribution in [0.5, 0.6) is 5.75 Å². The van der Waals surface area contributed by atoms with Crippen LogP contribution in [0.25, 0.3) is 0 Å². The lowest BCUT2D eigenvalue weighted by Gasteiger charge is -2.24. The monoisotopic (exact) mass is 531 g/mol. The van der Waals surface area contributed by atoms with Crippen molar-refractivity contribution in [2.75, 3.05) is 12.4 Å². The Morgan fingerprint density at radius 3 is 1.69 bits per heavy atom. The molecule has 2 N–H and O–H groups in total. The van der Waals surface area contributed by atoms with Crippen molar-refractivity contribution in [2.45, 2.75) is 12.2 Å². The van der Waals surface area contributed by atoms with Crippen LogP contribution in [0.1, 0.15) is 20.7 Å². The van der Waals surface area contributed by atoms with Gasteiger partial charge in [-0.15, -0.1) is 0 Å². The van der Waals surface area contributed by atoms with Gasteiger partial charge in [0.05, 0.1) is 23.9 Å². The molecule has 3 aromatic carbocycles. The number of carbonyl (C=O) groups is 4. The smallest absolute Gasteiger partial charge is 0.349 e. The Kier molecular flexibility index (Phi) is 8.88. The van der Waals surface area contributed by atoms with Gasteiger partial charge in [0.15, 0.2) is 0 Å². The Balaban J connectivity index is 1.93. The standard InChI is InChI=1S/C25H19Cl2NO8/c1-34-19-5-3-2-4-18(19)28-22(29)20(35-24(32)14-6-10-16(26)11-7-14)21(23(30)31)36-25(33)15-8-12-17(27)13-9-15/h2-13,20-21H,1H3,(H,28,29)(H,30,31)/t20-,21-/m1/s1. The van der Waals surface area contributed by atoms with E-state index in [1.54, 1.807) is 18.2 Å². The van der Waals surface area contributed by atoms with Gasteiger partial charge in [0.25, 0.3) is 5.91 Å². The summed E-state index contributed by atoms with van der Waals surface area (Å²) < 4.78 is 15.5. The third kappa shape index (κ3) is 6.74. The van der Waals surface area contributed by atoms with E-state index in [9.17, 15) is 24.3 Å². The molecule has 0 aromatic heterocycles. The third-order valence-electron chi connectivity index (χ3n) is 4.77. The summed E-state index contributed by atoms with van der Waals surface area (Å²) in [6.07, 6.45) is -4.27. The van der Waals surface area contributed by atoms with E-state index in [-0.39, 0.29) is 22.6 Å². The van der Waals surface area contributed by atoms with E-state index in [1.807, 2.05) is 0 Å². The molecular weight excluding hydrogens is 513 g/mol. The van der Waals surface area contributed by atoms with Gasteiger partial charge >= 0.3 is 17.9 Å². The molecule has 0 spiro atoms. The number of hydrogen-bond donors (Lipinski definition) is 2. The molecule has 0 aliphatic heterocycles. The Hall–Kier alpha value is -4.08. The lowest BCUT2D eigenvalue weighted by Crippen LogP contribution is -2.48. The van der Waals surface area contributed by atoms with Gasteiger partial charge in [-0.05, 0) is 60.7 Å². The minimum absolute atomic E-state index is 0.0114. The fraction of sp³-hybridized carbons (Fsp3) is 0.120. The van der Waals surface area contributed by atoms with E-state index in [1.165, 1.54) is 61.7 Å². The van der Waals surface area contributed by atoms with Crippen LogP contribution in [-0.2, 0) is 19.1 Å². The van der Waals surface area contributed by atoms with Gasteiger partial charge in [-0.3, -0.25) is 4.79 Å². The zero-order valence-corrected chi connectivity index (χ0v) is 20.2. The fourth-order valence-corrected chi connectivity index (χ4v) is 3.24. The molecule has 2 atom stereocenters. The predicted octanol–water partition coefficient (Wildman–Crippen LogP) is 4.48. The lowest BCUT2D eigenvalue weighted by molar-refractivity contribution is -0.157. The van der Waals surface area contributed by atoms with Crippen LogP contribution >= 0.6 is 23.2 Å². The van der Waals surface area contributed by atoms with Crippen molar-refractivity contribution >= 4 is 52.7 Å². The number of rotatable bonds is 9. The van der Waals surface area contributed by atoms with E-state index in [0.717, 1.165) is 0 Å². The zero-order chi connectivity index (χ0) is 26.2. The molecule has 0 aliphatic carbocycles. The number of benzene rings is 3. The van der Waals surface area contributed by atoms with Gasteiger partial charge in [-0.2, -0.15) is 0 Å². The van der Waals surface area contributed by atoms with Crippen molar-refractivity contribution in [2.24, 2.45) is 0 Å². The Morgan fingerprint density at radius 1 is 0.750 bits per heavy atom. The summed E-state index contributed by atoms with van der Waals surface area (Å²) in [5.41, 5.74) is 0.131. The minimum Gasteiger partial charge on any atom is -0.495 e. The number of carboxylic acids is 1. The average molecular weight is 532 g/mol. The van der Waals surface area contributed by atoms with Crippen molar-refractivity contribution in [1.29, 1.82) is 0 Å². The number of anilines is 1. The molecule has 0 saturated heterocycles. The molecule has 9 nitrogen and oxygen atoms in total. The van der Waals surface area contributed by atoms with Crippen molar-refractivity contribution < 1.29 is 38.5 Å². The quantitative estimate of drug-likeness (QED) is 0.387. The van der Waals surface area contributed by atoms with Gasteiger partial charge in [0.2, 0.25) is 12.2 Å². The predicted molar refractivity (Wildman–Crippen MR) is 131 cm³/mol. The van der Waals surface area contributed by atoms with E-state index >= 15 is 0 Å². The second-order valence-corrected chi connectivity index (χ2v) is 8.07. The molecule has 0 saturated carbocycles. The topological polar surface area (TPSA) is 128 Å². The van der Waals surface area contributed by atoms with Gasteiger partial charge in [0, 0.05) is 10.0 Å². The molecule has 0 bridgehead atoms. The molecule has 11 heteroatoms. The Morgan fingerprint density at radius 2 is 1.22 bits per heavy atom. The van der Waals surface area contributed by atoms with Gasteiger partial charge in [0.1, 0.15) is 5.75 Å². The summed E-state index contributed by atoms with van der Waals surface area (Å²) in [6.45, 7) is 0.